The lowest BCUT2D eigenvalue weighted by atomic mass is 9.50. The molecule has 0 amide bonds. The molecule has 3 N–H and O–H groups in total. The molecule has 0 bridgehead atoms. The van der Waals surface area contributed by atoms with Crippen LogP contribution in [0.25, 0.3) is 0 Å². The van der Waals surface area contributed by atoms with Gasteiger partial charge in [-0.15, -0.1) is 0 Å². The maximum atomic E-state index is 13.4. The zero-order chi connectivity index (χ0) is 25.0. The third-order valence-electron chi connectivity index (χ3n) is 9.01. The van der Waals surface area contributed by atoms with Gasteiger partial charge in [-0.05, 0) is 33.9 Å². The third-order valence-corrected chi connectivity index (χ3v) is 10.0. The molecule has 5 aliphatic rings. The molecular formula is C22H30INO10. The number of halogens is 1. The molecule has 2 saturated carbocycles. The molecule has 0 aromatic carbocycles. The van der Waals surface area contributed by atoms with E-state index in [-0.39, 0.29) is 17.0 Å². The number of fused-ring (bicyclic) bond motifs is 3. The van der Waals surface area contributed by atoms with Gasteiger partial charge in [0.1, 0.15) is 18.3 Å². The lowest BCUT2D eigenvalue weighted by Gasteiger charge is -2.52. The quantitative estimate of drug-likeness (QED) is 0.155. The van der Waals surface area contributed by atoms with E-state index in [4.69, 9.17) is 18.9 Å². The first-order valence-electron chi connectivity index (χ1n) is 11.4. The number of nitrogens with zero attached hydrogens (tertiary/aromatic N) is 1. The smallest absolute Gasteiger partial charge is 0.342 e. The number of aliphatic hydroxyl groups excluding tert-OH is 1. The van der Waals surface area contributed by atoms with Crippen molar-refractivity contribution in [3.8, 4) is 0 Å². The van der Waals surface area contributed by atoms with Gasteiger partial charge in [0, 0.05) is 10.5 Å². The Hall–Kier alpha value is -1.06. The Kier molecular flexibility index (Phi) is 5.42. The lowest BCUT2D eigenvalue weighted by molar-refractivity contribution is -0.236. The Bertz CT molecular complexity index is 947. The van der Waals surface area contributed by atoms with Gasteiger partial charge in [0.2, 0.25) is 5.60 Å². The molecule has 34 heavy (non-hydrogen) atoms. The predicted octanol–water partition coefficient (Wildman–Crippen LogP) is -1.23. The van der Waals surface area contributed by atoms with Crippen LogP contribution >= 0.6 is 22.6 Å². The first kappa shape index (κ1) is 24.6. The molecule has 12 heteroatoms. The van der Waals surface area contributed by atoms with Crippen molar-refractivity contribution >= 4 is 40.5 Å². The zero-order valence-corrected chi connectivity index (χ0v) is 21.6. The number of ether oxygens (including phenoxy) is 4. The molecule has 3 saturated heterocycles. The summed E-state index contributed by atoms with van der Waals surface area (Å²) in [6.07, 6.45) is -5.88. The van der Waals surface area contributed by atoms with E-state index in [0.717, 1.165) is 0 Å². The highest BCUT2D eigenvalue weighted by Gasteiger charge is 2.95. The maximum absolute atomic E-state index is 13.4. The van der Waals surface area contributed by atoms with Crippen LogP contribution in [0.15, 0.2) is 0 Å². The highest BCUT2D eigenvalue weighted by Crippen LogP contribution is 2.74. The van der Waals surface area contributed by atoms with E-state index in [1.807, 2.05) is 19.0 Å². The van der Waals surface area contributed by atoms with Crippen molar-refractivity contribution in [2.75, 3.05) is 27.2 Å². The largest absolute Gasteiger partial charge is 0.460 e. The minimum absolute atomic E-state index is 0.142. The maximum Gasteiger partial charge on any atom is 0.342 e. The summed E-state index contributed by atoms with van der Waals surface area (Å²) in [5.74, 6) is -3.99. The van der Waals surface area contributed by atoms with E-state index >= 15 is 0 Å². The van der Waals surface area contributed by atoms with Crippen molar-refractivity contribution in [2.45, 2.75) is 72.3 Å². The molecule has 3 heterocycles. The summed E-state index contributed by atoms with van der Waals surface area (Å²) < 4.78 is 22.7. The van der Waals surface area contributed by atoms with Gasteiger partial charge in [-0.25, -0.2) is 9.59 Å². The lowest BCUT2D eigenvalue weighted by Crippen LogP contribution is -2.72. The number of likely N-dealkylation sites (N-methyl/N-ethyl adjacent to an activating group) is 1. The van der Waals surface area contributed by atoms with Gasteiger partial charge in [0.05, 0.1) is 23.4 Å². The summed E-state index contributed by atoms with van der Waals surface area (Å²) in [7, 11) is 3.69. The minimum Gasteiger partial charge on any atom is -0.460 e. The zero-order valence-electron chi connectivity index (χ0n) is 19.4. The molecule has 0 radical (unpaired) electrons. The average molecular weight is 595 g/mol. The number of carbonyl (C=O) groups is 3. The van der Waals surface area contributed by atoms with E-state index in [1.165, 1.54) is 6.92 Å². The Morgan fingerprint density at radius 2 is 1.74 bits per heavy atom. The minimum atomic E-state index is -2.74. The number of esters is 3. The van der Waals surface area contributed by atoms with Crippen molar-refractivity contribution in [3.63, 3.8) is 0 Å². The molecule has 3 unspecified atom stereocenters. The number of aliphatic hydroxyl groups is 3. The van der Waals surface area contributed by atoms with E-state index < -0.39 is 76.4 Å². The van der Waals surface area contributed by atoms with Crippen LogP contribution in [0.2, 0.25) is 0 Å². The Morgan fingerprint density at radius 3 is 2.38 bits per heavy atom. The van der Waals surface area contributed by atoms with Crippen LogP contribution in [0.5, 0.6) is 0 Å². The van der Waals surface area contributed by atoms with E-state index in [9.17, 15) is 29.7 Å². The fourth-order valence-corrected chi connectivity index (χ4v) is 8.30. The first-order valence-corrected chi connectivity index (χ1v) is 12.7. The normalized spacial score (nSPS) is 53.6. The molecule has 1 spiro atoms. The molecule has 11 nitrogen and oxygen atoms in total. The van der Waals surface area contributed by atoms with Crippen LogP contribution in [0, 0.1) is 16.7 Å². The molecule has 5 fully saturated rings. The third kappa shape index (κ3) is 2.47. The van der Waals surface area contributed by atoms with Gasteiger partial charge >= 0.3 is 17.9 Å². The number of hydrogen-bond donors (Lipinski definition) is 3. The van der Waals surface area contributed by atoms with Crippen LogP contribution in [0.4, 0.5) is 0 Å². The summed E-state index contributed by atoms with van der Waals surface area (Å²) in [4.78, 5) is 40.9. The number of carbonyl (C=O) groups excluding carboxylic acids is 3. The van der Waals surface area contributed by atoms with Gasteiger partial charge in [0.15, 0.2) is 17.8 Å². The second-order valence-corrected chi connectivity index (χ2v) is 12.4. The average Bonchev–Trinajstić information content (AvgIpc) is 3.25. The monoisotopic (exact) mass is 595 g/mol. The highest BCUT2D eigenvalue weighted by molar-refractivity contribution is 14.1. The van der Waals surface area contributed by atoms with Gasteiger partial charge < -0.3 is 39.2 Å². The highest BCUT2D eigenvalue weighted by atomic mass is 127. The van der Waals surface area contributed by atoms with Gasteiger partial charge in [0.25, 0.3) is 0 Å². The van der Waals surface area contributed by atoms with Crippen LogP contribution in [0.3, 0.4) is 0 Å². The summed E-state index contributed by atoms with van der Waals surface area (Å²) in [6.45, 7) is 3.61. The molecule has 11 atom stereocenters. The second kappa shape index (κ2) is 7.48. The van der Waals surface area contributed by atoms with Crippen molar-refractivity contribution < 1.29 is 48.7 Å². The molecule has 0 aromatic heterocycles. The van der Waals surface area contributed by atoms with Gasteiger partial charge in [-0.1, -0.05) is 29.5 Å². The summed E-state index contributed by atoms with van der Waals surface area (Å²) >= 11 is 2.17. The Morgan fingerprint density at radius 1 is 1.09 bits per heavy atom. The molecule has 0 aromatic rings. The fourth-order valence-electron chi connectivity index (χ4n) is 7.37. The Balaban J connectivity index is 1.74. The molecule has 3 aliphatic heterocycles. The van der Waals surface area contributed by atoms with Crippen LogP contribution in [-0.4, -0.2) is 111 Å². The van der Waals surface area contributed by atoms with Crippen molar-refractivity contribution in [3.05, 3.63) is 0 Å². The van der Waals surface area contributed by atoms with E-state index in [2.05, 4.69) is 22.6 Å². The summed E-state index contributed by atoms with van der Waals surface area (Å²) in [6, 6.07) is 0. The van der Waals surface area contributed by atoms with Crippen LogP contribution in [-0.2, 0) is 33.3 Å². The molecule has 5 rings (SSSR count). The van der Waals surface area contributed by atoms with Crippen LogP contribution in [0.1, 0.15) is 26.7 Å². The summed E-state index contributed by atoms with van der Waals surface area (Å²) in [5, 5.41) is 35.9. The number of hydrogen-bond acceptors (Lipinski definition) is 11. The molecule has 190 valence electrons. The van der Waals surface area contributed by atoms with Crippen molar-refractivity contribution in [1.82, 2.24) is 4.90 Å². The van der Waals surface area contributed by atoms with Crippen LogP contribution < -0.4 is 0 Å². The fraction of sp³-hybridized carbons (Fsp3) is 0.864. The predicted molar refractivity (Wildman–Crippen MR) is 121 cm³/mol. The molecular weight excluding hydrogens is 565 g/mol. The number of rotatable bonds is 4. The molecule has 2 aliphatic carbocycles. The second-order valence-electron chi connectivity index (χ2n) is 10.7. The topological polar surface area (TPSA) is 152 Å². The van der Waals surface area contributed by atoms with Gasteiger partial charge in [-0.2, -0.15) is 0 Å². The number of alkyl halides is 1. The Labute approximate surface area is 210 Å². The van der Waals surface area contributed by atoms with Crippen molar-refractivity contribution in [1.29, 1.82) is 0 Å². The van der Waals surface area contributed by atoms with Crippen molar-refractivity contribution in [2.24, 2.45) is 16.7 Å². The van der Waals surface area contributed by atoms with E-state index in [0.29, 0.717) is 13.0 Å². The van der Waals surface area contributed by atoms with E-state index in [1.54, 1.807) is 6.92 Å². The first-order chi connectivity index (χ1) is 15.8. The SMILES string of the molecule is C[C@@H]1C(=O)O[C@H]2[C@H](O)[C@@]34C(C[C@@H](I)C[C@@H]5OC(=O)[C@H](OCCN(C)C)C53C)OC(=O)C4(O)[C@@]12O. The summed E-state index contributed by atoms with van der Waals surface area (Å²) in [5.41, 5.74) is -8.64. The standard InChI is InChI=1S/C22H30INO10/c1-9-16(26)34-14-13(25)20-12(33-18(28)22(20,30)21(9,14)29)8-10(23)7-11-19(20,2)15(17(27)32-11)31-6-5-24(3)4/h9-15,25,29-30H,5-8H2,1-4H3/t9-,10+,11+,12?,13+,14+,15+,19?,20+,21-,22?/m1/s1. The van der Waals surface area contributed by atoms with Gasteiger partial charge in [-0.3, -0.25) is 4.79 Å².